The summed E-state index contributed by atoms with van der Waals surface area (Å²) in [5.74, 6) is 2.07. The van der Waals surface area contributed by atoms with Crippen LogP contribution in [0.2, 0.25) is 0 Å². The van der Waals surface area contributed by atoms with E-state index < -0.39 is 5.79 Å². The van der Waals surface area contributed by atoms with Crippen LogP contribution in [0.25, 0.3) is 22.1 Å². The summed E-state index contributed by atoms with van der Waals surface area (Å²) in [4.78, 5) is 20.1. The summed E-state index contributed by atoms with van der Waals surface area (Å²) in [5.41, 5.74) is 10.8. The molecule has 3 N–H and O–H groups in total. The highest BCUT2D eigenvalue weighted by Crippen LogP contribution is 2.49. The van der Waals surface area contributed by atoms with Gasteiger partial charge in [0.05, 0.1) is 28.6 Å². The van der Waals surface area contributed by atoms with E-state index in [2.05, 4.69) is 99.4 Å². The van der Waals surface area contributed by atoms with Gasteiger partial charge in [0.1, 0.15) is 29.7 Å². The molecule has 1 aromatic carbocycles. The number of halogens is 1. The molecular formula is C35H48BrN7O2. The van der Waals surface area contributed by atoms with Gasteiger partial charge >= 0.3 is 0 Å². The molecule has 10 heteroatoms. The second-order valence-electron chi connectivity index (χ2n) is 15.5. The molecule has 0 spiro atoms. The number of anilines is 1. The predicted molar refractivity (Wildman–Crippen MR) is 182 cm³/mol. The van der Waals surface area contributed by atoms with Crippen molar-refractivity contribution in [2.24, 2.45) is 11.8 Å². The SMILES string of the molecule is CC(C)N(C[C@H]1C[C@@H](n2cc(Br)c3c(N)ncnc32)[C@@H]2OC(C)(C)O[C@H]12)C1CC(CCc2nc3ccc(C(C)(C)C)cc3[nH]2)C1. The average molecular weight is 679 g/mol. The van der Waals surface area contributed by atoms with Gasteiger partial charge in [0, 0.05) is 41.6 Å². The minimum absolute atomic E-state index is 0.0319. The van der Waals surface area contributed by atoms with Crippen molar-refractivity contribution >= 4 is 43.8 Å². The number of hydrogen-bond acceptors (Lipinski definition) is 7. The first-order chi connectivity index (χ1) is 21.3. The van der Waals surface area contributed by atoms with E-state index >= 15 is 0 Å². The maximum absolute atomic E-state index is 6.61. The van der Waals surface area contributed by atoms with Gasteiger partial charge in [0.25, 0.3) is 0 Å². The van der Waals surface area contributed by atoms with Gasteiger partial charge in [-0.1, -0.05) is 26.8 Å². The fourth-order valence-electron chi connectivity index (χ4n) is 8.07. The summed E-state index contributed by atoms with van der Waals surface area (Å²) in [5, 5.41) is 0.859. The molecule has 242 valence electrons. The molecule has 1 saturated heterocycles. The fraction of sp³-hybridized carbons (Fsp3) is 0.629. The van der Waals surface area contributed by atoms with Gasteiger partial charge in [-0.2, -0.15) is 0 Å². The quantitative estimate of drug-likeness (QED) is 0.204. The minimum Gasteiger partial charge on any atom is -0.383 e. The molecule has 3 aromatic heterocycles. The van der Waals surface area contributed by atoms with Crippen molar-refractivity contribution in [3.05, 3.63) is 46.6 Å². The van der Waals surface area contributed by atoms with E-state index in [0.29, 0.717) is 23.8 Å². The number of benzene rings is 1. The van der Waals surface area contributed by atoms with Gasteiger partial charge in [-0.05, 0) is 98.3 Å². The minimum atomic E-state index is -0.615. The number of nitrogens with zero attached hydrogens (tertiary/aromatic N) is 5. The molecular weight excluding hydrogens is 630 g/mol. The van der Waals surface area contributed by atoms with Crippen molar-refractivity contribution < 1.29 is 9.47 Å². The van der Waals surface area contributed by atoms with Crippen LogP contribution < -0.4 is 5.73 Å². The first-order valence-corrected chi connectivity index (χ1v) is 17.4. The van der Waals surface area contributed by atoms with Gasteiger partial charge in [0.15, 0.2) is 5.79 Å². The van der Waals surface area contributed by atoms with Gasteiger partial charge in [0.2, 0.25) is 0 Å². The normalized spacial score (nSPS) is 28.0. The standard InChI is InChI=1S/C35H48BrN7O2/c1-19(2)42(23-12-20(13-23)8-11-28-40-25-10-9-22(34(3,4)5)15-26(25)41-28)16-21-14-27(31-30(21)44-35(6,7)45-31)43-17-24(36)29-32(37)38-18-39-33(29)43/h9-10,15,17-21,23,27,30-31H,8,11-14,16H2,1-7H3,(H,40,41)(H2,37,38,39)/t20?,21-,23?,27-,30-,31+/m1/s1. The van der Waals surface area contributed by atoms with Crippen LogP contribution in [0.3, 0.4) is 0 Å². The van der Waals surface area contributed by atoms with Crippen molar-refractivity contribution in [1.82, 2.24) is 29.4 Å². The Morgan fingerprint density at radius 2 is 1.89 bits per heavy atom. The molecule has 0 unspecified atom stereocenters. The van der Waals surface area contributed by atoms with Crippen LogP contribution >= 0.6 is 15.9 Å². The molecule has 45 heavy (non-hydrogen) atoms. The maximum atomic E-state index is 6.61. The lowest BCUT2D eigenvalue weighted by atomic mass is 9.76. The Morgan fingerprint density at radius 3 is 2.62 bits per heavy atom. The molecule has 0 amide bonds. The molecule has 2 aliphatic carbocycles. The van der Waals surface area contributed by atoms with Gasteiger partial charge < -0.3 is 24.8 Å². The van der Waals surface area contributed by atoms with Crippen molar-refractivity contribution in [3.8, 4) is 0 Å². The molecule has 4 heterocycles. The largest absolute Gasteiger partial charge is 0.383 e. The Bertz CT molecular complexity index is 1700. The highest BCUT2D eigenvalue weighted by Gasteiger charge is 2.55. The van der Waals surface area contributed by atoms with Crippen molar-refractivity contribution in [2.75, 3.05) is 12.3 Å². The molecule has 1 aliphatic heterocycles. The Kier molecular flexibility index (Phi) is 7.82. The number of aromatic amines is 1. The lowest BCUT2D eigenvalue weighted by molar-refractivity contribution is -0.161. The van der Waals surface area contributed by atoms with E-state index in [9.17, 15) is 0 Å². The van der Waals surface area contributed by atoms with Crippen LogP contribution in [-0.2, 0) is 21.3 Å². The molecule has 0 radical (unpaired) electrons. The van der Waals surface area contributed by atoms with Crippen LogP contribution in [0.4, 0.5) is 5.82 Å². The van der Waals surface area contributed by atoms with Crippen LogP contribution in [0.15, 0.2) is 35.2 Å². The third kappa shape index (κ3) is 5.81. The Hall–Kier alpha value is -2.53. The predicted octanol–water partition coefficient (Wildman–Crippen LogP) is 7.15. The second-order valence-corrected chi connectivity index (χ2v) is 16.3. The summed E-state index contributed by atoms with van der Waals surface area (Å²) in [6, 6.07) is 7.81. The van der Waals surface area contributed by atoms with Gasteiger partial charge in [-0.25, -0.2) is 15.0 Å². The monoisotopic (exact) mass is 677 g/mol. The Balaban J connectivity index is 1.02. The van der Waals surface area contributed by atoms with E-state index in [1.54, 1.807) is 6.33 Å². The van der Waals surface area contributed by atoms with Crippen molar-refractivity contribution in [2.45, 2.75) is 122 Å². The van der Waals surface area contributed by atoms with E-state index in [1.807, 2.05) is 13.8 Å². The number of aryl methyl sites for hydroxylation is 1. The van der Waals surface area contributed by atoms with E-state index in [0.717, 1.165) is 57.7 Å². The van der Waals surface area contributed by atoms with Crippen LogP contribution in [0, 0.1) is 11.8 Å². The number of hydrogen-bond donors (Lipinski definition) is 2. The van der Waals surface area contributed by atoms with Crippen LogP contribution in [-0.4, -0.2) is 66.0 Å². The second kappa shape index (κ2) is 11.3. The molecule has 4 aromatic rings. The van der Waals surface area contributed by atoms with Gasteiger partial charge in [-0.15, -0.1) is 0 Å². The topological polar surface area (TPSA) is 107 Å². The molecule has 3 fully saturated rings. The number of rotatable bonds is 8. The molecule has 9 nitrogen and oxygen atoms in total. The molecule has 2 saturated carbocycles. The summed E-state index contributed by atoms with van der Waals surface area (Å²) in [6.45, 7) is 16.5. The highest BCUT2D eigenvalue weighted by molar-refractivity contribution is 9.10. The highest BCUT2D eigenvalue weighted by atomic mass is 79.9. The van der Waals surface area contributed by atoms with Crippen molar-refractivity contribution in [1.29, 1.82) is 0 Å². The van der Waals surface area contributed by atoms with Gasteiger partial charge in [-0.3, -0.25) is 4.90 Å². The molecule has 7 rings (SSSR count). The van der Waals surface area contributed by atoms with E-state index in [1.165, 1.54) is 24.8 Å². The lowest BCUT2D eigenvalue weighted by Crippen LogP contribution is -2.51. The van der Waals surface area contributed by atoms with E-state index in [4.69, 9.17) is 20.2 Å². The number of nitrogen functional groups attached to an aromatic ring is 1. The first-order valence-electron chi connectivity index (χ1n) is 16.6. The molecule has 4 atom stereocenters. The number of nitrogens with two attached hydrogens (primary N) is 1. The average Bonchev–Trinajstić information content (AvgIpc) is 3.66. The maximum Gasteiger partial charge on any atom is 0.163 e. The fourth-order valence-corrected chi connectivity index (χ4v) is 8.67. The number of H-pyrrole nitrogens is 1. The zero-order valence-electron chi connectivity index (χ0n) is 27.7. The first kappa shape index (κ1) is 31.1. The third-order valence-electron chi connectivity index (χ3n) is 10.5. The Morgan fingerprint density at radius 1 is 1.13 bits per heavy atom. The van der Waals surface area contributed by atoms with Crippen LogP contribution in [0.1, 0.15) is 91.6 Å². The number of aromatic nitrogens is 5. The Labute approximate surface area is 274 Å². The number of nitrogens with one attached hydrogen (secondary N) is 1. The van der Waals surface area contributed by atoms with Crippen LogP contribution in [0.5, 0.6) is 0 Å². The molecule has 3 aliphatic rings. The zero-order chi connectivity index (χ0) is 31.8. The van der Waals surface area contributed by atoms with Crippen molar-refractivity contribution in [3.63, 3.8) is 0 Å². The summed E-state index contributed by atoms with van der Waals surface area (Å²) < 4.78 is 16.3. The summed E-state index contributed by atoms with van der Waals surface area (Å²) in [6.07, 6.45) is 9.25. The lowest BCUT2D eigenvalue weighted by Gasteiger charge is -2.46. The number of fused-ring (bicyclic) bond motifs is 3. The van der Waals surface area contributed by atoms with E-state index in [-0.39, 0.29) is 23.7 Å². The zero-order valence-corrected chi connectivity index (χ0v) is 29.3. The number of ether oxygens (including phenoxy) is 2. The summed E-state index contributed by atoms with van der Waals surface area (Å²) in [7, 11) is 0. The number of imidazole rings is 1. The summed E-state index contributed by atoms with van der Waals surface area (Å²) >= 11 is 3.71. The molecule has 0 bridgehead atoms. The third-order valence-corrected chi connectivity index (χ3v) is 11.1. The smallest absolute Gasteiger partial charge is 0.163 e.